The first-order chi connectivity index (χ1) is 11.7. The minimum atomic E-state index is 0.502. The van der Waals surface area contributed by atoms with Gasteiger partial charge in [0.1, 0.15) is 5.75 Å². The standard InChI is InChI=1S/C19H22ClN3O/c1-4-5-13-23(14-9-11-15(24-3)12-10-14)17-8-6-7-16-18(17)22(2)19(20)21-16/h6-12H,4-5,13H2,1-3H3. The summed E-state index contributed by atoms with van der Waals surface area (Å²) in [7, 11) is 3.63. The second-order valence-corrected chi connectivity index (χ2v) is 6.13. The quantitative estimate of drug-likeness (QED) is 0.618. The van der Waals surface area contributed by atoms with Crippen molar-refractivity contribution in [2.75, 3.05) is 18.6 Å². The van der Waals surface area contributed by atoms with E-state index >= 15 is 0 Å². The molecule has 0 aliphatic heterocycles. The van der Waals surface area contributed by atoms with Gasteiger partial charge in [-0.15, -0.1) is 0 Å². The molecule has 0 unspecified atom stereocenters. The first-order valence-electron chi connectivity index (χ1n) is 8.18. The van der Waals surface area contributed by atoms with Crippen molar-refractivity contribution in [2.45, 2.75) is 19.8 Å². The second kappa shape index (κ2) is 7.14. The Morgan fingerprint density at radius 2 is 1.92 bits per heavy atom. The number of benzene rings is 2. The van der Waals surface area contributed by atoms with E-state index in [0.717, 1.165) is 47.5 Å². The predicted octanol–water partition coefficient (Wildman–Crippen LogP) is 5.17. The zero-order valence-electron chi connectivity index (χ0n) is 14.3. The van der Waals surface area contributed by atoms with Gasteiger partial charge in [-0.3, -0.25) is 0 Å². The van der Waals surface area contributed by atoms with Gasteiger partial charge in [-0.25, -0.2) is 4.98 Å². The van der Waals surface area contributed by atoms with Crippen LogP contribution in [0.4, 0.5) is 11.4 Å². The van der Waals surface area contributed by atoms with E-state index in [2.05, 4.69) is 35.0 Å². The molecule has 0 fully saturated rings. The Labute approximate surface area is 147 Å². The highest BCUT2D eigenvalue weighted by molar-refractivity contribution is 6.29. The molecule has 0 saturated carbocycles. The van der Waals surface area contributed by atoms with Gasteiger partial charge in [0.05, 0.1) is 23.8 Å². The van der Waals surface area contributed by atoms with Crippen LogP contribution in [0.1, 0.15) is 19.8 Å². The molecule has 1 heterocycles. The summed E-state index contributed by atoms with van der Waals surface area (Å²) in [6, 6.07) is 14.3. The van der Waals surface area contributed by atoms with Crippen molar-refractivity contribution < 1.29 is 4.74 Å². The van der Waals surface area contributed by atoms with Crippen LogP contribution in [0.2, 0.25) is 5.28 Å². The largest absolute Gasteiger partial charge is 0.497 e. The molecule has 0 bridgehead atoms. The molecule has 0 aliphatic rings. The van der Waals surface area contributed by atoms with Gasteiger partial charge in [-0.1, -0.05) is 19.4 Å². The van der Waals surface area contributed by atoms with Crippen molar-refractivity contribution in [3.63, 3.8) is 0 Å². The molecule has 1 aromatic heterocycles. The van der Waals surface area contributed by atoms with E-state index in [1.54, 1.807) is 7.11 Å². The van der Waals surface area contributed by atoms with Crippen LogP contribution in [0.15, 0.2) is 42.5 Å². The van der Waals surface area contributed by atoms with Crippen molar-refractivity contribution in [2.24, 2.45) is 7.05 Å². The lowest BCUT2D eigenvalue weighted by Crippen LogP contribution is -2.19. The lowest BCUT2D eigenvalue weighted by atomic mass is 10.2. The highest BCUT2D eigenvalue weighted by Gasteiger charge is 2.16. The molecule has 5 heteroatoms. The van der Waals surface area contributed by atoms with Gasteiger partial charge in [0.2, 0.25) is 5.28 Å². The average molecular weight is 344 g/mol. The van der Waals surface area contributed by atoms with Crippen molar-refractivity contribution in [1.82, 2.24) is 9.55 Å². The number of unbranched alkanes of at least 4 members (excludes halogenated alkanes) is 1. The van der Waals surface area contributed by atoms with Crippen molar-refractivity contribution >= 4 is 34.0 Å². The second-order valence-electron chi connectivity index (χ2n) is 5.79. The number of methoxy groups -OCH3 is 1. The Morgan fingerprint density at radius 1 is 1.17 bits per heavy atom. The SMILES string of the molecule is CCCCN(c1ccc(OC)cc1)c1cccc2nc(Cl)n(C)c12. The summed E-state index contributed by atoms with van der Waals surface area (Å²) in [5, 5.41) is 0.502. The molecule has 24 heavy (non-hydrogen) atoms. The Hall–Kier alpha value is -2.20. The van der Waals surface area contributed by atoms with Crippen LogP contribution in [0.5, 0.6) is 5.75 Å². The molecule has 0 radical (unpaired) electrons. The summed E-state index contributed by atoms with van der Waals surface area (Å²) >= 11 is 6.24. The topological polar surface area (TPSA) is 30.3 Å². The lowest BCUT2D eigenvalue weighted by molar-refractivity contribution is 0.415. The number of ether oxygens (including phenoxy) is 1. The van der Waals surface area contributed by atoms with Gasteiger partial charge >= 0.3 is 0 Å². The molecule has 3 aromatic rings. The number of rotatable bonds is 6. The van der Waals surface area contributed by atoms with Crippen LogP contribution in [-0.4, -0.2) is 23.2 Å². The number of aryl methyl sites for hydroxylation is 1. The fourth-order valence-corrected chi connectivity index (χ4v) is 3.08. The maximum Gasteiger partial charge on any atom is 0.203 e. The molecular weight excluding hydrogens is 322 g/mol. The van der Waals surface area contributed by atoms with Crippen LogP contribution in [0.25, 0.3) is 11.0 Å². The molecule has 3 rings (SSSR count). The van der Waals surface area contributed by atoms with Crippen molar-refractivity contribution in [3.8, 4) is 5.75 Å². The predicted molar refractivity (Wildman–Crippen MR) is 101 cm³/mol. The first-order valence-corrected chi connectivity index (χ1v) is 8.56. The van der Waals surface area contributed by atoms with E-state index in [1.165, 1.54) is 0 Å². The van der Waals surface area contributed by atoms with E-state index in [0.29, 0.717) is 5.28 Å². The van der Waals surface area contributed by atoms with E-state index < -0.39 is 0 Å². The number of hydrogen-bond donors (Lipinski definition) is 0. The number of nitrogens with zero attached hydrogens (tertiary/aromatic N) is 3. The Kier molecular flexibility index (Phi) is 4.95. The number of aromatic nitrogens is 2. The smallest absolute Gasteiger partial charge is 0.203 e. The van der Waals surface area contributed by atoms with E-state index in [9.17, 15) is 0 Å². The average Bonchev–Trinajstić information content (AvgIpc) is 2.91. The fourth-order valence-electron chi connectivity index (χ4n) is 2.90. The third kappa shape index (κ3) is 3.06. The molecule has 0 amide bonds. The third-order valence-electron chi connectivity index (χ3n) is 4.23. The summed E-state index contributed by atoms with van der Waals surface area (Å²) in [6.45, 7) is 3.14. The van der Waals surface area contributed by atoms with Crippen LogP contribution in [-0.2, 0) is 7.05 Å². The number of fused-ring (bicyclic) bond motifs is 1. The first kappa shape index (κ1) is 16.7. The van der Waals surface area contributed by atoms with Gasteiger partial charge in [-0.2, -0.15) is 0 Å². The van der Waals surface area contributed by atoms with Gasteiger partial charge in [0, 0.05) is 19.3 Å². The molecule has 0 N–H and O–H groups in total. The summed E-state index contributed by atoms with van der Waals surface area (Å²) in [5.41, 5.74) is 4.21. The fraction of sp³-hybridized carbons (Fsp3) is 0.316. The number of para-hydroxylation sites is 1. The lowest BCUT2D eigenvalue weighted by Gasteiger charge is -2.26. The summed E-state index contributed by atoms with van der Waals surface area (Å²) in [4.78, 5) is 6.76. The molecule has 2 aromatic carbocycles. The zero-order valence-corrected chi connectivity index (χ0v) is 15.0. The van der Waals surface area contributed by atoms with E-state index in [4.69, 9.17) is 16.3 Å². The van der Waals surface area contributed by atoms with Crippen LogP contribution in [0, 0.1) is 0 Å². The molecule has 0 aliphatic carbocycles. The minimum absolute atomic E-state index is 0.502. The molecular formula is C19H22ClN3O. The van der Waals surface area contributed by atoms with Gasteiger partial charge < -0.3 is 14.2 Å². The number of halogens is 1. The molecule has 0 atom stereocenters. The number of anilines is 2. The zero-order chi connectivity index (χ0) is 17.1. The molecule has 4 nitrogen and oxygen atoms in total. The van der Waals surface area contributed by atoms with Crippen molar-refractivity contribution in [1.29, 1.82) is 0 Å². The highest BCUT2D eigenvalue weighted by atomic mass is 35.5. The number of hydrogen-bond acceptors (Lipinski definition) is 3. The molecule has 126 valence electrons. The summed E-state index contributed by atoms with van der Waals surface area (Å²) in [6.07, 6.45) is 2.24. The van der Waals surface area contributed by atoms with E-state index in [1.807, 2.05) is 35.9 Å². The van der Waals surface area contributed by atoms with Gasteiger partial charge in [-0.05, 0) is 54.4 Å². The Bertz CT molecular complexity index is 826. The maximum absolute atomic E-state index is 6.24. The van der Waals surface area contributed by atoms with Crippen LogP contribution in [0.3, 0.4) is 0 Å². The maximum atomic E-state index is 6.24. The van der Waals surface area contributed by atoms with Crippen LogP contribution < -0.4 is 9.64 Å². The summed E-state index contributed by atoms with van der Waals surface area (Å²) < 4.78 is 7.22. The Morgan fingerprint density at radius 3 is 2.58 bits per heavy atom. The monoisotopic (exact) mass is 343 g/mol. The summed E-state index contributed by atoms with van der Waals surface area (Å²) in [5.74, 6) is 0.857. The highest BCUT2D eigenvalue weighted by Crippen LogP contribution is 2.34. The van der Waals surface area contributed by atoms with Gasteiger partial charge in [0.15, 0.2) is 0 Å². The third-order valence-corrected chi connectivity index (χ3v) is 4.57. The van der Waals surface area contributed by atoms with Gasteiger partial charge in [0.25, 0.3) is 0 Å². The van der Waals surface area contributed by atoms with Crippen LogP contribution >= 0.6 is 11.6 Å². The molecule has 0 spiro atoms. The van der Waals surface area contributed by atoms with E-state index in [-0.39, 0.29) is 0 Å². The number of imidazole rings is 1. The Balaban J connectivity index is 2.11. The van der Waals surface area contributed by atoms with Crippen molar-refractivity contribution in [3.05, 3.63) is 47.7 Å². The normalized spacial score (nSPS) is 11.0. The molecule has 0 saturated heterocycles. The minimum Gasteiger partial charge on any atom is -0.497 e.